The van der Waals surface area contributed by atoms with Crippen molar-refractivity contribution >= 4 is 41.2 Å². The molecular weight excluding hydrogens is 615 g/mol. The van der Waals surface area contributed by atoms with Crippen molar-refractivity contribution in [2.75, 3.05) is 6.54 Å². The van der Waals surface area contributed by atoms with Crippen LogP contribution in [0.1, 0.15) is 82.4 Å². The summed E-state index contributed by atoms with van der Waals surface area (Å²) in [7, 11) is 0. The van der Waals surface area contributed by atoms with Gasteiger partial charge in [-0.05, 0) is 60.6 Å². The third-order valence-corrected chi connectivity index (χ3v) is 9.30. The Balaban J connectivity index is 1.59. The Morgan fingerprint density at radius 3 is 2.35 bits per heavy atom. The average molecular weight is 657 g/mol. The van der Waals surface area contributed by atoms with Gasteiger partial charge in [0.05, 0.1) is 6.04 Å². The molecule has 0 bridgehead atoms. The van der Waals surface area contributed by atoms with Crippen LogP contribution in [0.4, 0.5) is 9.18 Å². The summed E-state index contributed by atoms with van der Waals surface area (Å²) in [6.45, 7) is 4.10. The summed E-state index contributed by atoms with van der Waals surface area (Å²) in [5, 5.41) is 8.44. The quantitative estimate of drug-likeness (QED) is 0.230. The number of Topliss-reactive ketones (excluding diaryl/α,β-unsaturated/α-hetero) is 1. The van der Waals surface area contributed by atoms with Crippen LogP contribution in [0.5, 0.6) is 0 Å². The second kappa shape index (κ2) is 15.5. The van der Waals surface area contributed by atoms with Gasteiger partial charge in [0, 0.05) is 22.9 Å². The highest BCUT2D eigenvalue weighted by atomic mass is 35.5. The van der Waals surface area contributed by atoms with E-state index in [-0.39, 0.29) is 24.7 Å². The number of amides is 4. The zero-order chi connectivity index (χ0) is 33.4. The van der Waals surface area contributed by atoms with E-state index in [1.807, 2.05) is 19.9 Å². The number of halogens is 2. The molecule has 2 aliphatic rings. The molecule has 0 unspecified atom stereocenters. The summed E-state index contributed by atoms with van der Waals surface area (Å²) in [4.78, 5) is 64.2. The molecule has 1 aliphatic heterocycles. The van der Waals surface area contributed by atoms with E-state index >= 15 is 0 Å². The number of primary amides is 1. The SMILES string of the molecule is CC(C)(c1cccc(Cl)c1)[C@H](OC(=O)N[C@@H](CC1CCCCC1)C(=O)N[C@@H](C[C@@H]1CCNC1=O)C(=O)C(N)=O)c1cccc(F)c1. The van der Waals surface area contributed by atoms with E-state index in [0.717, 1.165) is 37.7 Å². The largest absolute Gasteiger partial charge is 0.440 e. The first-order valence-electron chi connectivity index (χ1n) is 15.8. The van der Waals surface area contributed by atoms with Crippen LogP contribution >= 0.6 is 11.6 Å². The maximum atomic E-state index is 14.4. The van der Waals surface area contributed by atoms with E-state index in [2.05, 4.69) is 16.0 Å². The third kappa shape index (κ3) is 9.05. The van der Waals surface area contributed by atoms with Gasteiger partial charge in [0.25, 0.3) is 5.91 Å². The van der Waals surface area contributed by atoms with Crippen LogP contribution in [0.25, 0.3) is 0 Å². The Kier molecular flexibility index (Phi) is 11.8. The monoisotopic (exact) mass is 656 g/mol. The van der Waals surface area contributed by atoms with Crippen molar-refractivity contribution in [3.8, 4) is 0 Å². The molecule has 248 valence electrons. The number of benzene rings is 2. The predicted octanol–water partition coefficient (Wildman–Crippen LogP) is 4.63. The van der Waals surface area contributed by atoms with Crippen molar-refractivity contribution in [1.29, 1.82) is 0 Å². The topological polar surface area (TPSA) is 157 Å². The maximum absolute atomic E-state index is 14.4. The fourth-order valence-electron chi connectivity index (χ4n) is 6.44. The summed E-state index contributed by atoms with van der Waals surface area (Å²) in [5.41, 5.74) is 5.53. The molecule has 1 aliphatic carbocycles. The fraction of sp³-hybridized carbons (Fsp3) is 0.500. The van der Waals surface area contributed by atoms with Crippen molar-refractivity contribution in [3.05, 3.63) is 70.5 Å². The number of hydrogen-bond donors (Lipinski definition) is 4. The molecule has 2 fully saturated rings. The fourth-order valence-corrected chi connectivity index (χ4v) is 6.63. The highest BCUT2D eigenvalue weighted by Crippen LogP contribution is 2.40. The van der Waals surface area contributed by atoms with Crippen molar-refractivity contribution in [2.24, 2.45) is 17.6 Å². The summed E-state index contributed by atoms with van der Waals surface area (Å²) in [6.07, 6.45) is 3.46. The first kappa shape index (κ1) is 34.9. The number of carbonyl (C=O) groups is 5. The lowest BCUT2D eigenvalue weighted by Crippen LogP contribution is -2.54. The predicted molar refractivity (Wildman–Crippen MR) is 170 cm³/mol. The number of ketones is 1. The van der Waals surface area contributed by atoms with Gasteiger partial charge >= 0.3 is 6.09 Å². The van der Waals surface area contributed by atoms with Crippen LogP contribution in [0.3, 0.4) is 0 Å². The smallest absolute Gasteiger partial charge is 0.408 e. The number of nitrogens with one attached hydrogen (secondary N) is 3. The van der Waals surface area contributed by atoms with E-state index in [0.29, 0.717) is 23.6 Å². The molecule has 4 amide bonds. The van der Waals surface area contributed by atoms with Gasteiger partial charge < -0.3 is 26.4 Å². The molecule has 1 saturated heterocycles. The number of alkyl carbamates (subject to hydrolysis) is 1. The lowest BCUT2D eigenvalue weighted by atomic mass is 9.76. The number of rotatable bonds is 13. The number of carbonyl (C=O) groups excluding carboxylic acids is 5. The van der Waals surface area contributed by atoms with Crippen LogP contribution < -0.4 is 21.7 Å². The first-order chi connectivity index (χ1) is 21.8. The molecule has 12 heteroatoms. The van der Waals surface area contributed by atoms with Crippen molar-refractivity contribution in [2.45, 2.75) is 88.8 Å². The molecule has 4 rings (SSSR count). The highest BCUT2D eigenvalue weighted by Gasteiger charge is 2.39. The molecule has 1 saturated carbocycles. The normalized spacial score (nSPS) is 19.0. The molecule has 0 aromatic heterocycles. The molecule has 2 aromatic carbocycles. The van der Waals surface area contributed by atoms with Gasteiger partial charge in [-0.3, -0.25) is 19.2 Å². The first-order valence-corrected chi connectivity index (χ1v) is 16.1. The van der Waals surface area contributed by atoms with Gasteiger partial charge in [-0.15, -0.1) is 0 Å². The Morgan fingerprint density at radius 1 is 1.00 bits per heavy atom. The average Bonchev–Trinajstić information content (AvgIpc) is 3.42. The van der Waals surface area contributed by atoms with Gasteiger partial charge in [0.15, 0.2) is 0 Å². The van der Waals surface area contributed by atoms with Crippen LogP contribution in [-0.2, 0) is 29.3 Å². The Hall–Kier alpha value is -3.99. The Bertz CT molecular complexity index is 1450. The summed E-state index contributed by atoms with van der Waals surface area (Å²) in [6, 6.07) is 10.3. The van der Waals surface area contributed by atoms with E-state index in [1.165, 1.54) is 18.2 Å². The second-order valence-electron chi connectivity index (χ2n) is 12.8. The number of hydrogen-bond acceptors (Lipinski definition) is 6. The number of ether oxygens (including phenoxy) is 1. The molecule has 46 heavy (non-hydrogen) atoms. The zero-order valence-corrected chi connectivity index (χ0v) is 26.9. The number of nitrogens with two attached hydrogens (primary N) is 1. The summed E-state index contributed by atoms with van der Waals surface area (Å²) >= 11 is 6.27. The standard InChI is InChI=1S/C34H42ClFN4O6/c1-34(2,23-11-7-12-24(35)19-23)29(21-10-6-13-25(36)17-21)46-33(45)40-27(16-20-8-4-3-5-9-20)32(44)39-26(28(41)30(37)42)18-22-14-15-38-31(22)43/h6-7,10-13,17,19-20,22,26-27,29H,3-5,8-9,14-16,18H2,1-2H3,(H2,37,42)(H,38,43)(H,39,44)(H,40,45)/t22-,26-,27-,29+/m0/s1. The third-order valence-electron chi connectivity index (χ3n) is 9.06. The van der Waals surface area contributed by atoms with E-state index in [4.69, 9.17) is 22.1 Å². The maximum Gasteiger partial charge on any atom is 0.408 e. The van der Waals surface area contributed by atoms with E-state index < -0.39 is 59.0 Å². The molecule has 1 heterocycles. The summed E-state index contributed by atoms with van der Waals surface area (Å²) < 4.78 is 20.4. The van der Waals surface area contributed by atoms with Gasteiger partial charge in [0.2, 0.25) is 17.6 Å². The molecule has 4 atom stereocenters. The van der Waals surface area contributed by atoms with Gasteiger partial charge in [-0.2, -0.15) is 0 Å². The van der Waals surface area contributed by atoms with Gasteiger partial charge in [-0.25, -0.2) is 9.18 Å². The lowest BCUT2D eigenvalue weighted by Gasteiger charge is -2.35. The molecule has 0 spiro atoms. The Morgan fingerprint density at radius 2 is 1.72 bits per heavy atom. The van der Waals surface area contributed by atoms with Gasteiger partial charge in [-0.1, -0.05) is 81.8 Å². The van der Waals surface area contributed by atoms with Crippen LogP contribution in [0, 0.1) is 17.7 Å². The van der Waals surface area contributed by atoms with E-state index in [9.17, 15) is 28.4 Å². The van der Waals surface area contributed by atoms with Crippen molar-refractivity contribution < 1.29 is 33.1 Å². The molecule has 10 nitrogen and oxygen atoms in total. The molecular formula is C34H42ClFN4O6. The zero-order valence-electron chi connectivity index (χ0n) is 26.2. The minimum absolute atomic E-state index is 0.102. The highest BCUT2D eigenvalue weighted by molar-refractivity contribution is 6.38. The minimum Gasteiger partial charge on any atom is -0.440 e. The molecule has 0 radical (unpaired) electrons. The van der Waals surface area contributed by atoms with Crippen LogP contribution in [0.2, 0.25) is 5.02 Å². The van der Waals surface area contributed by atoms with Crippen LogP contribution in [-0.4, -0.2) is 48.2 Å². The Labute approximate surface area is 273 Å². The van der Waals surface area contributed by atoms with Gasteiger partial charge in [0.1, 0.15) is 18.0 Å². The van der Waals surface area contributed by atoms with E-state index in [1.54, 1.807) is 24.3 Å². The lowest BCUT2D eigenvalue weighted by molar-refractivity contribution is -0.139. The minimum atomic E-state index is -1.34. The van der Waals surface area contributed by atoms with Crippen LogP contribution in [0.15, 0.2) is 48.5 Å². The molecule has 2 aromatic rings. The van der Waals surface area contributed by atoms with Crippen molar-refractivity contribution in [1.82, 2.24) is 16.0 Å². The summed E-state index contributed by atoms with van der Waals surface area (Å²) in [5.74, 6) is -4.20. The molecule has 5 N–H and O–H groups in total. The second-order valence-corrected chi connectivity index (χ2v) is 13.2. The van der Waals surface area contributed by atoms with Crippen molar-refractivity contribution in [3.63, 3.8) is 0 Å².